The zero-order valence-electron chi connectivity index (χ0n) is 20.9. The maximum atomic E-state index is 13.6. The van der Waals surface area contributed by atoms with Crippen LogP contribution < -0.4 is 19.1 Å². The number of amides is 1. The van der Waals surface area contributed by atoms with Gasteiger partial charge in [-0.2, -0.15) is 0 Å². The zero-order valence-corrected chi connectivity index (χ0v) is 21.8. The number of methoxy groups -OCH3 is 3. The molecule has 1 aromatic heterocycles. The fraction of sp³-hybridized carbons (Fsp3) is 0.179. The first-order valence-corrected chi connectivity index (χ1v) is 12.3. The minimum absolute atomic E-state index is 0.175. The summed E-state index contributed by atoms with van der Waals surface area (Å²) >= 11 is 1.25. The van der Waals surface area contributed by atoms with Crippen molar-refractivity contribution in [1.82, 2.24) is 4.98 Å². The fourth-order valence-corrected chi connectivity index (χ4v) is 5.58. The van der Waals surface area contributed by atoms with E-state index in [-0.39, 0.29) is 16.3 Å². The van der Waals surface area contributed by atoms with E-state index in [2.05, 4.69) is 4.98 Å². The molecule has 1 aliphatic heterocycles. The minimum Gasteiger partial charge on any atom is -0.507 e. The van der Waals surface area contributed by atoms with Crippen molar-refractivity contribution in [3.8, 4) is 17.2 Å². The molecule has 1 amide bonds. The van der Waals surface area contributed by atoms with Crippen molar-refractivity contribution >= 4 is 44.1 Å². The van der Waals surface area contributed by atoms with Gasteiger partial charge in [0, 0.05) is 5.56 Å². The molecule has 0 bridgehead atoms. The van der Waals surface area contributed by atoms with Gasteiger partial charge in [-0.3, -0.25) is 14.5 Å². The topological polar surface area (TPSA) is 98.2 Å². The average molecular weight is 535 g/mol. The number of carbonyl (C=O) groups is 2. The molecule has 4 aromatic rings. The highest BCUT2D eigenvalue weighted by molar-refractivity contribution is 7.22. The molecule has 38 heavy (non-hydrogen) atoms. The van der Waals surface area contributed by atoms with Crippen molar-refractivity contribution in [3.05, 3.63) is 82.7 Å². The SMILES string of the molecule is COc1cc([C@H]2C(=C(O)c3ccc(F)cc3)C(=O)C(=O)N2c2nc3ccc(C)cc3s2)cc(OC)c1OC. The largest absolute Gasteiger partial charge is 0.507 e. The quantitative estimate of drug-likeness (QED) is 0.201. The zero-order chi connectivity index (χ0) is 27.1. The molecule has 1 N–H and O–H groups in total. The summed E-state index contributed by atoms with van der Waals surface area (Å²) in [4.78, 5) is 32.9. The third-order valence-electron chi connectivity index (χ3n) is 6.30. The van der Waals surface area contributed by atoms with E-state index in [1.54, 1.807) is 12.1 Å². The van der Waals surface area contributed by atoms with Gasteiger partial charge in [0.25, 0.3) is 5.78 Å². The fourth-order valence-electron chi connectivity index (χ4n) is 4.49. The molecule has 0 aliphatic carbocycles. The number of aromatic nitrogens is 1. The number of anilines is 1. The molecule has 0 saturated carbocycles. The van der Waals surface area contributed by atoms with Gasteiger partial charge < -0.3 is 19.3 Å². The molecule has 194 valence electrons. The second-order valence-electron chi connectivity index (χ2n) is 8.60. The van der Waals surface area contributed by atoms with Gasteiger partial charge in [0.05, 0.1) is 43.2 Å². The molecule has 10 heteroatoms. The summed E-state index contributed by atoms with van der Waals surface area (Å²) in [6.07, 6.45) is 0. The number of nitrogens with zero attached hydrogens (tertiary/aromatic N) is 2. The van der Waals surface area contributed by atoms with E-state index in [1.807, 2.05) is 25.1 Å². The lowest BCUT2D eigenvalue weighted by Crippen LogP contribution is -2.29. The van der Waals surface area contributed by atoms with E-state index in [1.165, 1.54) is 49.7 Å². The number of ether oxygens (including phenoxy) is 3. The Bertz CT molecular complexity index is 1590. The van der Waals surface area contributed by atoms with Crippen LogP contribution >= 0.6 is 11.3 Å². The van der Waals surface area contributed by atoms with Gasteiger partial charge in [0.2, 0.25) is 5.75 Å². The molecule has 1 atom stereocenters. The Kier molecular flexibility index (Phi) is 6.50. The number of carbonyl (C=O) groups excluding carboxylic acids is 2. The van der Waals surface area contributed by atoms with Crippen LogP contribution in [-0.2, 0) is 9.59 Å². The summed E-state index contributed by atoms with van der Waals surface area (Å²) in [5.74, 6) is -1.79. The average Bonchev–Trinajstić information content (AvgIpc) is 3.45. The summed E-state index contributed by atoms with van der Waals surface area (Å²) in [7, 11) is 4.36. The monoisotopic (exact) mass is 534 g/mol. The molecule has 2 heterocycles. The molecule has 0 unspecified atom stereocenters. The Morgan fingerprint density at radius 1 is 0.974 bits per heavy atom. The van der Waals surface area contributed by atoms with E-state index in [0.29, 0.717) is 28.3 Å². The first-order valence-electron chi connectivity index (χ1n) is 11.5. The van der Waals surface area contributed by atoms with E-state index < -0.39 is 29.3 Å². The Labute approximate surface area is 221 Å². The van der Waals surface area contributed by atoms with Gasteiger partial charge in [-0.15, -0.1) is 0 Å². The number of Topliss-reactive ketones (excluding diaryl/α,β-unsaturated/α-hetero) is 1. The first-order chi connectivity index (χ1) is 18.3. The van der Waals surface area contributed by atoms with Gasteiger partial charge in [-0.05, 0) is 66.6 Å². The van der Waals surface area contributed by atoms with Gasteiger partial charge in [0.15, 0.2) is 16.6 Å². The standard InChI is InChI=1S/C28H23FN2O6S/c1-14-5-10-18-21(11-14)38-28(30-18)31-23(16-12-19(35-2)26(37-4)20(13-16)36-3)22(25(33)27(31)34)24(32)15-6-8-17(29)9-7-15/h5-13,23,32H,1-4H3/t23-/m0/s1. The van der Waals surface area contributed by atoms with Crippen molar-refractivity contribution in [3.63, 3.8) is 0 Å². The van der Waals surface area contributed by atoms with Gasteiger partial charge >= 0.3 is 5.91 Å². The van der Waals surface area contributed by atoms with E-state index in [0.717, 1.165) is 22.4 Å². The van der Waals surface area contributed by atoms with Crippen LogP contribution in [0.25, 0.3) is 16.0 Å². The number of rotatable bonds is 6. The summed E-state index contributed by atoms with van der Waals surface area (Å²) in [5, 5.41) is 11.6. The lowest BCUT2D eigenvalue weighted by atomic mass is 9.94. The van der Waals surface area contributed by atoms with Gasteiger partial charge in [0.1, 0.15) is 11.6 Å². The number of aryl methyl sites for hydroxylation is 1. The van der Waals surface area contributed by atoms with Gasteiger partial charge in [-0.25, -0.2) is 9.37 Å². The van der Waals surface area contributed by atoms with Crippen molar-refractivity contribution in [1.29, 1.82) is 0 Å². The van der Waals surface area contributed by atoms with E-state index in [9.17, 15) is 19.1 Å². The number of benzene rings is 3. The number of hydrogen-bond donors (Lipinski definition) is 1. The smallest absolute Gasteiger partial charge is 0.301 e. The molecule has 3 aromatic carbocycles. The Morgan fingerprint density at radius 2 is 1.63 bits per heavy atom. The first kappa shape index (κ1) is 25.2. The molecule has 5 rings (SSSR count). The number of aliphatic hydroxyl groups excluding tert-OH is 1. The molecular weight excluding hydrogens is 511 g/mol. The van der Waals surface area contributed by atoms with Crippen molar-refractivity contribution < 1.29 is 33.3 Å². The predicted octanol–water partition coefficient (Wildman–Crippen LogP) is 5.40. The molecule has 1 aliphatic rings. The highest BCUT2D eigenvalue weighted by Crippen LogP contribution is 2.48. The Hall–Kier alpha value is -4.44. The number of hydrogen-bond acceptors (Lipinski definition) is 8. The third-order valence-corrected chi connectivity index (χ3v) is 7.32. The van der Waals surface area contributed by atoms with Crippen molar-refractivity contribution in [2.75, 3.05) is 26.2 Å². The summed E-state index contributed by atoms with van der Waals surface area (Å²) in [6, 6.07) is 12.8. The minimum atomic E-state index is -1.09. The lowest BCUT2D eigenvalue weighted by molar-refractivity contribution is -0.132. The highest BCUT2D eigenvalue weighted by atomic mass is 32.1. The number of ketones is 1. The second kappa shape index (κ2) is 9.79. The molecular formula is C28H23FN2O6S. The molecule has 0 radical (unpaired) electrons. The van der Waals surface area contributed by atoms with Crippen LogP contribution in [0.3, 0.4) is 0 Å². The number of fused-ring (bicyclic) bond motifs is 1. The van der Waals surface area contributed by atoms with Crippen LogP contribution in [0.5, 0.6) is 17.2 Å². The number of halogens is 1. The van der Waals surface area contributed by atoms with Crippen molar-refractivity contribution in [2.24, 2.45) is 0 Å². The van der Waals surface area contributed by atoms with Crippen LogP contribution in [0, 0.1) is 12.7 Å². The second-order valence-corrected chi connectivity index (χ2v) is 9.61. The normalized spacial score (nSPS) is 16.8. The lowest BCUT2D eigenvalue weighted by Gasteiger charge is -2.24. The number of thiazole rings is 1. The molecule has 1 saturated heterocycles. The summed E-state index contributed by atoms with van der Waals surface area (Å²) < 4.78 is 30.9. The van der Waals surface area contributed by atoms with Crippen molar-refractivity contribution in [2.45, 2.75) is 13.0 Å². The number of aliphatic hydroxyl groups is 1. The third kappa shape index (κ3) is 4.12. The van der Waals surface area contributed by atoms with Crippen LogP contribution in [0.1, 0.15) is 22.7 Å². The van der Waals surface area contributed by atoms with Crippen LogP contribution in [0.15, 0.2) is 60.2 Å². The molecule has 8 nitrogen and oxygen atoms in total. The maximum Gasteiger partial charge on any atom is 0.301 e. The highest BCUT2D eigenvalue weighted by Gasteiger charge is 2.48. The van der Waals surface area contributed by atoms with Crippen LogP contribution in [0.2, 0.25) is 0 Å². The Balaban J connectivity index is 1.78. The predicted molar refractivity (Wildman–Crippen MR) is 142 cm³/mol. The van der Waals surface area contributed by atoms with Crippen LogP contribution in [0.4, 0.5) is 9.52 Å². The Morgan fingerprint density at radius 3 is 2.24 bits per heavy atom. The molecule has 0 spiro atoms. The van der Waals surface area contributed by atoms with Gasteiger partial charge in [-0.1, -0.05) is 17.4 Å². The summed E-state index contributed by atoms with van der Waals surface area (Å²) in [5.41, 5.74) is 2.11. The van der Waals surface area contributed by atoms with E-state index in [4.69, 9.17) is 14.2 Å². The van der Waals surface area contributed by atoms with E-state index >= 15 is 0 Å². The maximum absolute atomic E-state index is 13.6. The van der Waals surface area contributed by atoms with Crippen LogP contribution in [-0.4, -0.2) is 43.1 Å². The molecule has 1 fully saturated rings. The summed E-state index contributed by atoms with van der Waals surface area (Å²) in [6.45, 7) is 1.95.